The summed E-state index contributed by atoms with van der Waals surface area (Å²) in [5.74, 6) is 0.749. The minimum absolute atomic E-state index is 0.126. The van der Waals surface area contributed by atoms with E-state index in [4.69, 9.17) is 22.1 Å². The summed E-state index contributed by atoms with van der Waals surface area (Å²) >= 11 is 6.26. The molecule has 0 aliphatic rings. The van der Waals surface area contributed by atoms with Crippen LogP contribution in [-0.4, -0.2) is 17.6 Å². The molecule has 0 saturated heterocycles. The summed E-state index contributed by atoms with van der Waals surface area (Å²) in [6.45, 7) is 2.63. The number of halogens is 1. The molecule has 1 atom stereocenters. The van der Waals surface area contributed by atoms with Gasteiger partial charge in [-0.3, -0.25) is 4.98 Å². The molecule has 0 aliphatic carbocycles. The van der Waals surface area contributed by atoms with E-state index in [1.54, 1.807) is 6.20 Å². The summed E-state index contributed by atoms with van der Waals surface area (Å²) < 4.78 is 5.89. The molecule has 1 aromatic heterocycles. The van der Waals surface area contributed by atoms with Gasteiger partial charge in [0.25, 0.3) is 0 Å². The Morgan fingerprint density at radius 2 is 2.10 bits per heavy atom. The normalized spacial score (nSPS) is 12.1. The quantitative estimate of drug-likeness (QED) is 0.849. The first-order valence-corrected chi connectivity index (χ1v) is 7.64. The Morgan fingerprint density at radius 1 is 1.24 bits per heavy atom. The van der Waals surface area contributed by atoms with Gasteiger partial charge in [-0.1, -0.05) is 36.7 Å². The minimum Gasteiger partial charge on any atom is -0.491 e. The molecule has 1 aromatic carbocycles. The predicted octanol–water partition coefficient (Wildman–Crippen LogP) is 3.64. The highest BCUT2D eigenvalue weighted by Crippen LogP contribution is 2.29. The molecule has 2 N–H and O–H groups in total. The van der Waals surface area contributed by atoms with Crippen molar-refractivity contribution in [3.8, 4) is 5.75 Å². The Hall–Kier alpha value is -1.58. The molecule has 21 heavy (non-hydrogen) atoms. The molecular formula is C17H21ClN2O. The second-order valence-corrected chi connectivity index (χ2v) is 5.43. The van der Waals surface area contributed by atoms with E-state index in [9.17, 15) is 0 Å². The van der Waals surface area contributed by atoms with Crippen molar-refractivity contribution >= 4 is 11.6 Å². The number of benzene rings is 1. The third-order valence-corrected chi connectivity index (χ3v) is 3.68. The molecule has 112 valence electrons. The molecule has 0 saturated carbocycles. The number of nitrogens with zero attached hydrogens (tertiary/aromatic N) is 1. The number of rotatable bonds is 7. The number of nitrogens with two attached hydrogens (primary N) is 1. The van der Waals surface area contributed by atoms with E-state index in [-0.39, 0.29) is 6.04 Å². The van der Waals surface area contributed by atoms with E-state index in [0.717, 1.165) is 36.3 Å². The summed E-state index contributed by atoms with van der Waals surface area (Å²) in [6, 6.07) is 11.8. The molecule has 4 heteroatoms. The van der Waals surface area contributed by atoms with Crippen molar-refractivity contribution < 1.29 is 4.74 Å². The zero-order valence-corrected chi connectivity index (χ0v) is 13.0. The lowest BCUT2D eigenvalue weighted by Gasteiger charge is -2.15. The zero-order chi connectivity index (χ0) is 15.1. The predicted molar refractivity (Wildman–Crippen MR) is 86.9 cm³/mol. The number of pyridine rings is 1. The van der Waals surface area contributed by atoms with E-state index in [1.807, 2.05) is 36.4 Å². The Morgan fingerprint density at radius 3 is 2.81 bits per heavy atom. The lowest BCUT2D eigenvalue weighted by molar-refractivity contribution is 0.316. The Labute approximate surface area is 131 Å². The SMILES string of the molecule is CCC(N)Cc1cccc(Cl)c1OCCc1ccccn1. The summed E-state index contributed by atoms with van der Waals surface area (Å²) in [5.41, 5.74) is 8.11. The van der Waals surface area contributed by atoms with E-state index in [1.165, 1.54) is 0 Å². The van der Waals surface area contributed by atoms with Crippen LogP contribution in [0.4, 0.5) is 0 Å². The second-order valence-electron chi connectivity index (χ2n) is 5.02. The zero-order valence-electron chi connectivity index (χ0n) is 12.3. The van der Waals surface area contributed by atoms with Gasteiger partial charge in [0.05, 0.1) is 11.6 Å². The highest BCUT2D eigenvalue weighted by Gasteiger charge is 2.11. The van der Waals surface area contributed by atoms with Crippen molar-refractivity contribution in [3.63, 3.8) is 0 Å². The van der Waals surface area contributed by atoms with Gasteiger partial charge < -0.3 is 10.5 Å². The number of ether oxygens (including phenoxy) is 1. The van der Waals surface area contributed by atoms with Crippen molar-refractivity contribution in [1.82, 2.24) is 4.98 Å². The maximum atomic E-state index is 6.26. The van der Waals surface area contributed by atoms with Gasteiger partial charge in [-0.25, -0.2) is 0 Å². The van der Waals surface area contributed by atoms with Gasteiger partial charge >= 0.3 is 0 Å². The fourth-order valence-corrected chi connectivity index (χ4v) is 2.36. The molecular weight excluding hydrogens is 284 g/mol. The molecule has 1 unspecified atom stereocenters. The lowest BCUT2D eigenvalue weighted by Crippen LogP contribution is -2.22. The number of hydrogen-bond acceptors (Lipinski definition) is 3. The maximum Gasteiger partial charge on any atom is 0.141 e. The van der Waals surface area contributed by atoms with Crippen molar-refractivity contribution in [3.05, 3.63) is 58.9 Å². The Kier molecular flexibility index (Phi) is 6.03. The summed E-state index contributed by atoms with van der Waals surface area (Å²) in [7, 11) is 0. The molecule has 0 aliphatic heterocycles. The average molecular weight is 305 g/mol. The summed E-state index contributed by atoms with van der Waals surface area (Å²) in [4.78, 5) is 4.28. The Balaban J connectivity index is 2.01. The lowest BCUT2D eigenvalue weighted by atomic mass is 10.0. The molecule has 0 spiro atoms. The first-order chi connectivity index (χ1) is 10.2. The van der Waals surface area contributed by atoms with Gasteiger partial charge in [-0.15, -0.1) is 0 Å². The van der Waals surface area contributed by atoms with E-state index < -0.39 is 0 Å². The van der Waals surface area contributed by atoms with Gasteiger partial charge in [-0.05, 0) is 36.6 Å². The molecule has 0 fully saturated rings. The smallest absolute Gasteiger partial charge is 0.141 e. The van der Waals surface area contributed by atoms with Crippen LogP contribution >= 0.6 is 11.6 Å². The third-order valence-electron chi connectivity index (χ3n) is 3.39. The van der Waals surface area contributed by atoms with Gasteiger partial charge in [-0.2, -0.15) is 0 Å². The molecule has 3 nitrogen and oxygen atoms in total. The fourth-order valence-electron chi connectivity index (χ4n) is 2.11. The van der Waals surface area contributed by atoms with Crippen molar-refractivity contribution in [2.24, 2.45) is 5.73 Å². The molecule has 1 heterocycles. The van der Waals surface area contributed by atoms with E-state index in [0.29, 0.717) is 11.6 Å². The van der Waals surface area contributed by atoms with Crippen LogP contribution in [0.5, 0.6) is 5.75 Å². The first-order valence-electron chi connectivity index (χ1n) is 7.26. The van der Waals surface area contributed by atoms with Crippen molar-refractivity contribution in [2.75, 3.05) is 6.61 Å². The van der Waals surface area contributed by atoms with Crippen LogP contribution in [0.25, 0.3) is 0 Å². The molecule has 0 bridgehead atoms. The molecule has 2 aromatic rings. The van der Waals surface area contributed by atoms with Crippen LogP contribution in [0.1, 0.15) is 24.6 Å². The minimum atomic E-state index is 0.126. The first kappa shape index (κ1) is 15.8. The monoisotopic (exact) mass is 304 g/mol. The number of hydrogen-bond donors (Lipinski definition) is 1. The van der Waals surface area contributed by atoms with Gasteiger partial charge in [0.15, 0.2) is 0 Å². The van der Waals surface area contributed by atoms with Crippen molar-refractivity contribution in [1.29, 1.82) is 0 Å². The van der Waals surface area contributed by atoms with Gasteiger partial charge in [0, 0.05) is 24.4 Å². The van der Waals surface area contributed by atoms with Crippen LogP contribution in [-0.2, 0) is 12.8 Å². The van der Waals surface area contributed by atoms with Gasteiger partial charge in [0.2, 0.25) is 0 Å². The maximum absolute atomic E-state index is 6.26. The largest absolute Gasteiger partial charge is 0.491 e. The second kappa shape index (κ2) is 8.01. The van der Waals surface area contributed by atoms with Crippen LogP contribution in [0, 0.1) is 0 Å². The van der Waals surface area contributed by atoms with E-state index in [2.05, 4.69) is 11.9 Å². The molecule has 2 rings (SSSR count). The summed E-state index contributed by atoms with van der Waals surface area (Å²) in [5, 5.41) is 0.636. The Bertz CT molecular complexity index is 560. The van der Waals surface area contributed by atoms with Crippen LogP contribution < -0.4 is 10.5 Å². The standard InChI is InChI=1S/C17H21ClN2O/c1-2-14(19)12-13-6-5-8-16(18)17(13)21-11-9-15-7-3-4-10-20-15/h3-8,10,14H,2,9,11-12,19H2,1H3. The van der Waals surface area contributed by atoms with E-state index >= 15 is 0 Å². The topological polar surface area (TPSA) is 48.1 Å². The van der Waals surface area contributed by atoms with Crippen LogP contribution in [0.2, 0.25) is 5.02 Å². The van der Waals surface area contributed by atoms with Gasteiger partial charge in [0.1, 0.15) is 5.75 Å². The van der Waals surface area contributed by atoms with Crippen LogP contribution in [0.3, 0.4) is 0 Å². The third kappa shape index (κ3) is 4.73. The van der Waals surface area contributed by atoms with Crippen molar-refractivity contribution in [2.45, 2.75) is 32.2 Å². The molecule has 0 radical (unpaired) electrons. The average Bonchev–Trinajstić information content (AvgIpc) is 2.51. The summed E-state index contributed by atoms with van der Waals surface area (Å²) in [6.07, 6.45) is 4.25. The number of para-hydroxylation sites is 1. The highest BCUT2D eigenvalue weighted by molar-refractivity contribution is 6.32. The highest BCUT2D eigenvalue weighted by atomic mass is 35.5. The fraction of sp³-hybridized carbons (Fsp3) is 0.353. The van der Waals surface area contributed by atoms with Crippen LogP contribution in [0.15, 0.2) is 42.6 Å². The number of aromatic nitrogens is 1. The molecule has 0 amide bonds.